The van der Waals surface area contributed by atoms with Gasteiger partial charge in [0.2, 0.25) is 5.91 Å². The van der Waals surface area contributed by atoms with E-state index in [-0.39, 0.29) is 11.8 Å². The van der Waals surface area contributed by atoms with Crippen molar-refractivity contribution in [3.8, 4) is 11.4 Å². The lowest BCUT2D eigenvalue weighted by Crippen LogP contribution is -2.23. The van der Waals surface area contributed by atoms with Gasteiger partial charge in [-0.3, -0.25) is 4.79 Å². The van der Waals surface area contributed by atoms with E-state index in [0.29, 0.717) is 13.2 Å². The number of anilines is 1. The van der Waals surface area contributed by atoms with Crippen molar-refractivity contribution < 1.29 is 9.53 Å². The van der Waals surface area contributed by atoms with Gasteiger partial charge >= 0.3 is 0 Å². The summed E-state index contributed by atoms with van der Waals surface area (Å²) >= 11 is 0. The third-order valence-corrected chi connectivity index (χ3v) is 5.16. The molecule has 1 N–H and O–H groups in total. The molecule has 4 rings (SSSR count). The Morgan fingerprint density at radius 1 is 1.28 bits per heavy atom. The van der Waals surface area contributed by atoms with Gasteiger partial charge in [-0.15, -0.1) is 10.2 Å². The predicted molar refractivity (Wildman–Crippen MR) is 95.3 cm³/mol. The number of hydrogen-bond donors (Lipinski definition) is 1. The van der Waals surface area contributed by atoms with E-state index in [1.54, 1.807) is 0 Å². The summed E-state index contributed by atoms with van der Waals surface area (Å²) in [5.74, 6) is 1.96. The first-order valence-electron chi connectivity index (χ1n) is 9.14. The number of benzene rings is 1. The molecule has 1 fully saturated rings. The molecule has 132 valence electrons. The van der Waals surface area contributed by atoms with Crippen LogP contribution in [0.5, 0.6) is 0 Å². The Bertz CT molecular complexity index is 778. The van der Waals surface area contributed by atoms with E-state index < -0.39 is 0 Å². The standard InChI is InChI=1S/C19H24N4O2/c1-13-6-7-14(11-16(13)20-19(24)15-8-10-25-12-15)18-22-21-17-5-3-2-4-9-23(17)18/h6-7,11,15H,2-5,8-10,12H2,1H3,(H,20,24)/t15-/m0/s1. The Morgan fingerprint density at radius 2 is 2.20 bits per heavy atom. The molecule has 0 bridgehead atoms. The molecule has 2 aliphatic rings. The molecule has 0 unspecified atom stereocenters. The number of carbonyl (C=O) groups is 1. The van der Waals surface area contributed by atoms with Gasteiger partial charge in [-0.2, -0.15) is 0 Å². The molecule has 3 heterocycles. The molecule has 2 aliphatic heterocycles. The average molecular weight is 340 g/mol. The number of carbonyl (C=O) groups excluding carboxylic acids is 1. The summed E-state index contributed by atoms with van der Waals surface area (Å²) in [5, 5.41) is 11.9. The zero-order chi connectivity index (χ0) is 17.2. The maximum Gasteiger partial charge on any atom is 0.229 e. The summed E-state index contributed by atoms with van der Waals surface area (Å²) in [6.07, 6.45) is 5.36. The Labute approximate surface area is 147 Å². The van der Waals surface area contributed by atoms with Crippen molar-refractivity contribution in [2.45, 2.75) is 45.6 Å². The third-order valence-electron chi connectivity index (χ3n) is 5.16. The van der Waals surface area contributed by atoms with Gasteiger partial charge in [-0.05, 0) is 37.8 Å². The lowest BCUT2D eigenvalue weighted by Gasteiger charge is -2.13. The van der Waals surface area contributed by atoms with Crippen LogP contribution in [-0.2, 0) is 22.5 Å². The van der Waals surface area contributed by atoms with E-state index in [9.17, 15) is 4.79 Å². The Balaban J connectivity index is 1.61. The van der Waals surface area contributed by atoms with E-state index in [1.165, 1.54) is 12.8 Å². The molecule has 1 atom stereocenters. The van der Waals surface area contributed by atoms with Gasteiger partial charge in [0, 0.05) is 30.8 Å². The summed E-state index contributed by atoms with van der Waals surface area (Å²) in [6, 6.07) is 6.12. The molecular weight excluding hydrogens is 316 g/mol. The van der Waals surface area contributed by atoms with Crippen LogP contribution in [0.1, 0.15) is 37.1 Å². The number of nitrogens with zero attached hydrogens (tertiary/aromatic N) is 3. The van der Waals surface area contributed by atoms with Crippen LogP contribution in [0.25, 0.3) is 11.4 Å². The van der Waals surface area contributed by atoms with Crippen molar-refractivity contribution in [2.24, 2.45) is 5.92 Å². The first-order valence-corrected chi connectivity index (χ1v) is 9.14. The molecule has 1 saturated heterocycles. The quantitative estimate of drug-likeness (QED) is 0.933. The van der Waals surface area contributed by atoms with Crippen LogP contribution in [0.15, 0.2) is 18.2 Å². The minimum Gasteiger partial charge on any atom is -0.381 e. The number of amides is 1. The second kappa shape index (κ2) is 6.96. The topological polar surface area (TPSA) is 69.0 Å². The highest BCUT2D eigenvalue weighted by atomic mass is 16.5. The van der Waals surface area contributed by atoms with E-state index >= 15 is 0 Å². The number of aryl methyl sites for hydroxylation is 2. The summed E-state index contributed by atoms with van der Waals surface area (Å²) in [6.45, 7) is 4.16. The zero-order valence-electron chi connectivity index (χ0n) is 14.6. The molecule has 1 aromatic carbocycles. The molecule has 25 heavy (non-hydrogen) atoms. The molecular formula is C19H24N4O2. The van der Waals surface area contributed by atoms with Gasteiger partial charge in [0.05, 0.1) is 12.5 Å². The monoisotopic (exact) mass is 340 g/mol. The van der Waals surface area contributed by atoms with Crippen LogP contribution < -0.4 is 5.32 Å². The second-order valence-electron chi connectivity index (χ2n) is 6.98. The molecule has 0 saturated carbocycles. The fourth-order valence-corrected chi connectivity index (χ4v) is 3.57. The lowest BCUT2D eigenvalue weighted by molar-refractivity contribution is -0.119. The van der Waals surface area contributed by atoms with Crippen LogP contribution in [0.3, 0.4) is 0 Å². The van der Waals surface area contributed by atoms with Crippen molar-refractivity contribution in [3.05, 3.63) is 29.6 Å². The number of nitrogens with one attached hydrogen (secondary N) is 1. The van der Waals surface area contributed by atoms with E-state index in [2.05, 4.69) is 26.1 Å². The first kappa shape index (κ1) is 16.3. The largest absolute Gasteiger partial charge is 0.381 e. The Morgan fingerprint density at radius 3 is 3.04 bits per heavy atom. The fraction of sp³-hybridized carbons (Fsp3) is 0.526. The van der Waals surface area contributed by atoms with E-state index in [4.69, 9.17) is 4.74 Å². The maximum atomic E-state index is 12.4. The number of aromatic nitrogens is 3. The van der Waals surface area contributed by atoms with E-state index in [0.717, 1.165) is 54.3 Å². The van der Waals surface area contributed by atoms with E-state index in [1.807, 2.05) is 19.1 Å². The normalized spacial score (nSPS) is 20.1. The third kappa shape index (κ3) is 3.31. The molecule has 1 amide bonds. The first-order chi connectivity index (χ1) is 12.2. The number of fused-ring (bicyclic) bond motifs is 1. The van der Waals surface area contributed by atoms with Crippen molar-refractivity contribution in [2.75, 3.05) is 18.5 Å². The zero-order valence-corrected chi connectivity index (χ0v) is 14.6. The van der Waals surface area contributed by atoms with Gasteiger partial charge in [0.15, 0.2) is 5.82 Å². The molecule has 6 nitrogen and oxygen atoms in total. The minimum absolute atomic E-state index is 0.0397. The van der Waals surface area contributed by atoms with Crippen molar-refractivity contribution in [3.63, 3.8) is 0 Å². The summed E-state index contributed by atoms with van der Waals surface area (Å²) in [7, 11) is 0. The van der Waals surface area contributed by atoms with Crippen LogP contribution in [-0.4, -0.2) is 33.9 Å². The van der Waals surface area contributed by atoms with Crippen LogP contribution >= 0.6 is 0 Å². The van der Waals surface area contributed by atoms with Crippen molar-refractivity contribution >= 4 is 11.6 Å². The van der Waals surface area contributed by atoms with Crippen LogP contribution in [0.2, 0.25) is 0 Å². The molecule has 6 heteroatoms. The molecule has 0 spiro atoms. The summed E-state index contributed by atoms with van der Waals surface area (Å²) < 4.78 is 7.55. The smallest absolute Gasteiger partial charge is 0.229 e. The maximum absolute atomic E-state index is 12.4. The minimum atomic E-state index is -0.0487. The van der Waals surface area contributed by atoms with Gasteiger partial charge in [0.25, 0.3) is 0 Å². The average Bonchev–Trinajstić information content (AvgIpc) is 3.23. The van der Waals surface area contributed by atoms with Gasteiger partial charge in [0.1, 0.15) is 5.82 Å². The highest BCUT2D eigenvalue weighted by molar-refractivity contribution is 5.94. The number of rotatable bonds is 3. The van der Waals surface area contributed by atoms with Crippen LogP contribution in [0, 0.1) is 12.8 Å². The molecule has 2 aromatic rings. The second-order valence-corrected chi connectivity index (χ2v) is 6.98. The molecule has 0 radical (unpaired) electrons. The SMILES string of the molecule is Cc1ccc(-c2nnc3n2CCCCC3)cc1NC(=O)[C@H]1CCOC1. The number of ether oxygens (including phenoxy) is 1. The number of hydrogen-bond acceptors (Lipinski definition) is 4. The van der Waals surface area contributed by atoms with Crippen molar-refractivity contribution in [1.29, 1.82) is 0 Å². The molecule has 1 aromatic heterocycles. The highest BCUT2D eigenvalue weighted by Gasteiger charge is 2.24. The van der Waals surface area contributed by atoms with Gasteiger partial charge in [-0.1, -0.05) is 18.6 Å². The summed E-state index contributed by atoms with van der Waals surface area (Å²) in [5.41, 5.74) is 2.90. The highest BCUT2D eigenvalue weighted by Crippen LogP contribution is 2.27. The Hall–Kier alpha value is -2.21. The Kier molecular flexibility index (Phi) is 4.53. The lowest BCUT2D eigenvalue weighted by atomic mass is 10.1. The fourth-order valence-electron chi connectivity index (χ4n) is 3.57. The van der Waals surface area contributed by atoms with Gasteiger partial charge < -0.3 is 14.6 Å². The van der Waals surface area contributed by atoms with Crippen molar-refractivity contribution in [1.82, 2.24) is 14.8 Å². The summed E-state index contributed by atoms with van der Waals surface area (Å²) in [4.78, 5) is 12.4. The van der Waals surface area contributed by atoms with Crippen LogP contribution in [0.4, 0.5) is 5.69 Å². The van der Waals surface area contributed by atoms with Gasteiger partial charge in [-0.25, -0.2) is 0 Å². The molecule has 0 aliphatic carbocycles. The predicted octanol–water partition coefficient (Wildman–Crippen LogP) is 2.95.